The highest BCUT2D eigenvalue weighted by atomic mass is 19.1. The van der Waals surface area contributed by atoms with Crippen molar-refractivity contribution < 1.29 is 33.0 Å². The summed E-state index contributed by atoms with van der Waals surface area (Å²) in [7, 11) is 0. The van der Waals surface area contributed by atoms with Crippen LogP contribution in [0.15, 0.2) is 77.7 Å². The molecular weight excluding hydrogens is 497 g/mol. The summed E-state index contributed by atoms with van der Waals surface area (Å²) < 4.78 is 33.8. The largest absolute Gasteiger partial charge is 0.459 e. The first-order valence-electron chi connectivity index (χ1n) is 11.7. The van der Waals surface area contributed by atoms with E-state index in [2.05, 4.69) is 10.3 Å². The number of esters is 2. The van der Waals surface area contributed by atoms with E-state index in [1.807, 2.05) is 0 Å². The van der Waals surface area contributed by atoms with E-state index >= 15 is 4.39 Å². The number of anilines is 1. The third-order valence-corrected chi connectivity index (χ3v) is 6.43. The van der Waals surface area contributed by atoms with Gasteiger partial charge >= 0.3 is 17.6 Å². The normalized spacial score (nSPS) is 24.4. The summed E-state index contributed by atoms with van der Waals surface area (Å²) >= 11 is 0. The molecule has 0 unspecified atom stereocenters. The maximum atomic E-state index is 16.4. The van der Waals surface area contributed by atoms with E-state index in [-0.39, 0.29) is 11.4 Å². The molecule has 4 rings (SSSR count). The van der Waals surface area contributed by atoms with Crippen molar-refractivity contribution in [3.05, 3.63) is 94.5 Å². The SMILES string of the molecule is CC(=O)O[C@]1(C)[C@@H](COC(=O)c2ccccc2)O[C@@H](n2ccc(NC(=O)c3ccccc3)nc2=O)[C@]1(C)F. The van der Waals surface area contributed by atoms with Crippen LogP contribution in [-0.2, 0) is 19.0 Å². The number of hydrogen-bond acceptors (Lipinski definition) is 8. The van der Waals surface area contributed by atoms with Crippen LogP contribution in [0.2, 0.25) is 0 Å². The summed E-state index contributed by atoms with van der Waals surface area (Å²) in [6, 6.07) is 17.8. The smallest absolute Gasteiger partial charge is 0.351 e. The molecule has 3 aromatic rings. The van der Waals surface area contributed by atoms with E-state index in [4.69, 9.17) is 14.2 Å². The number of hydrogen-bond donors (Lipinski definition) is 1. The highest BCUT2D eigenvalue weighted by molar-refractivity contribution is 6.03. The number of alkyl halides is 1. The molecule has 0 spiro atoms. The molecule has 1 aliphatic rings. The van der Waals surface area contributed by atoms with Gasteiger partial charge in [-0.05, 0) is 44.2 Å². The van der Waals surface area contributed by atoms with Gasteiger partial charge in [0.1, 0.15) is 18.5 Å². The van der Waals surface area contributed by atoms with E-state index in [0.29, 0.717) is 5.56 Å². The fourth-order valence-electron chi connectivity index (χ4n) is 4.21. The Bertz CT molecular complexity index is 1390. The molecule has 1 fully saturated rings. The molecule has 0 radical (unpaired) electrons. The maximum absolute atomic E-state index is 16.4. The van der Waals surface area contributed by atoms with E-state index in [1.54, 1.807) is 60.7 Å². The number of nitrogens with zero attached hydrogens (tertiary/aromatic N) is 2. The van der Waals surface area contributed by atoms with Gasteiger partial charge < -0.3 is 19.5 Å². The molecule has 1 N–H and O–H groups in total. The lowest BCUT2D eigenvalue weighted by Crippen LogP contribution is -2.55. The zero-order chi connectivity index (χ0) is 27.5. The summed E-state index contributed by atoms with van der Waals surface area (Å²) in [5.41, 5.74) is -4.67. The fourth-order valence-corrected chi connectivity index (χ4v) is 4.21. The predicted molar refractivity (Wildman–Crippen MR) is 133 cm³/mol. The second-order valence-electron chi connectivity index (χ2n) is 9.04. The number of nitrogens with one attached hydrogen (secondary N) is 1. The first-order valence-corrected chi connectivity index (χ1v) is 11.7. The summed E-state index contributed by atoms with van der Waals surface area (Å²) in [5, 5.41) is 2.51. The van der Waals surface area contributed by atoms with Crippen LogP contribution >= 0.6 is 0 Å². The third-order valence-electron chi connectivity index (χ3n) is 6.43. The molecule has 0 aliphatic carbocycles. The number of carbonyl (C=O) groups excluding carboxylic acids is 3. The molecule has 0 saturated carbocycles. The van der Waals surface area contributed by atoms with Crippen molar-refractivity contribution in [2.75, 3.05) is 11.9 Å². The summed E-state index contributed by atoms with van der Waals surface area (Å²) in [6.45, 7) is 3.08. The lowest BCUT2D eigenvalue weighted by atomic mass is 9.84. The first-order chi connectivity index (χ1) is 18.0. The van der Waals surface area contributed by atoms with Gasteiger partial charge in [-0.15, -0.1) is 0 Å². The van der Waals surface area contributed by atoms with Gasteiger partial charge in [-0.25, -0.2) is 14.0 Å². The van der Waals surface area contributed by atoms with Gasteiger partial charge in [0.05, 0.1) is 5.56 Å². The number of amides is 1. The van der Waals surface area contributed by atoms with E-state index in [0.717, 1.165) is 18.4 Å². The highest BCUT2D eigenvalue weighted by Gasteiger charge is 2.66. The van der Waals surface area contributed by atoms with Crippen molar-refractivity contribution in [2.45, 2.75) is 44.4 Å². The van der Waals surface area contributed by atoms with Gasteiger partial charge in [0.2, 0.25) is 0 Å². The molecular formula is C27H26FN3O7. The predicted octanol–water partition coefficient (Wildman–Crippen LogP) is 3.30. The molecule has 4 atom stereocenters. The second-order valence-corrected chi connectivity index (χ2v) is 9.04. The Labute approximate surface area is 217 Å². The van der Waals surface area contributed by atoms with Crippen LogP contribution in [0.1, 0.15) is 47.7 Å². The summed E-state index contributed by atoms with van der Waals surface area (Å²) in [6.07, 6.45) is -1.64. The highest BCUT2D eigenvalue weighted by Crippen LogP contribution is 2.50. The minimum absolute atomic E-state index is 0.0465. The zero-order valence-electron chi connectivity index (χ0n) is 20.9. The van der Waals surface area contributed by atoms with Gasteiger partial charge in [0.25, 0.3) is 5.91 Å². The maximum Gasteiger partial charge on any atom is 0.351 e. The molecule has 1 aromatic heterocycles. The van der Waals surface area contributed by atoms with Crippen molar-refractivity contribution in [3.8, 4) is 0 Å². The topological polar surface area (TPSA) is 126 Å². The van der Waals surface area contributed by atoms with E-state index in [9.17, 15) is 19.2 Å². The monoisotopic (exact) mass is 523 g/mol. The van der Waals surface area contributed by atoms with E-state index < -0.39 is 53.7 Å². The number of ether oxygens (including phenoxy) is 3. The van der Waals surface area contributed by atoms with E-state index in [1.165, 1.54) is 19.2 Å². The number of carbonyl (C=O) groups is 3. The molecule has 38 heavy (non-hydrogen) atoms. The molecule has 0 bridgehead atoms. The van der Waals surface area contributed by atoms with Crippen LogP contribution in [0.25, 0.3) is 0 Å². The van der Waals surface area contributed by atoms with Gasteiger partial charge in [0, 0.05) is 18.7 Å². The summed E-state index contributed by atoms with van der Waals surface area (Å²) in [4.78, 5) is 53.5. The number of rotatable bonds is 7. The molecule has 11 heteroatoms. The number of halogens is 1. The molecule has 1 saturated heterocycles. The van der Waals surface area contributed by atoms with Crippen LogP contribution in [0, 0.1) is 0 Å². The van der Waals surface area contributed by atoms with Crippen molar-refractivity contribution in [1.29, 1.82) is 0 Å². The summed E-state index contributed by atoms with van der Waals surface area (Å²) in [5.74, 6) is -2.00. The van der Waals surface area contributed by atoms with Gasteiger partial charge in [-0.1, -0.05) is 36.4 Å². The quantitative estimate of drug-likeness (QED) is 0.468. The van der Waals surface area contributed by atoms with Gasteiger partial charge in [-0.2, -0.15) is 4.98 Å². The molecule has 10 nitrogen and oxygen atoms in total. The Balaban J connectivity index is 1.58. The fraction of sp³-hybridized carbons (Fsp3) is 0.296. The molecule has 2 aromatic carbocycles. The third kappa shape index (κ3) is 5.18. The van der Waals surface area contributed by atoms with Crippen LogP contribution in [0.3, 0.4) is 0 Å². The average molecular weight is 524 g/mol. The first kappa shape index (κ1) is 26.7. The van der Waals surface area contributed by atoms with Crippen molar-refractivity contribution in [1.82, 2.24) is 9.55 Å². The minimum Gasteiger partial charge on any atom is -0.459 e. The van der Waals surface area contributed by atoms with Crippen LogP contribution in [0.4, 0.5) is 10.2 Å². The Morgan fingerprint density at radius 3 is 2.21 bits per heavy atom. The van der Waals surface area contributed by atoms with Gasteiger partial charge in [-0.3, -0.25) is 14.2 Å². The Kier molecular flexibility index (Phi) is 7.40. The molecule has 1 aliphatic heterocycles. The molecule has 198 valence electrons. The zero-order valence-corrected chi connectivity index (χ0v) is 20.9. The van der Waals surface area contributed by atoms with Crippen LogP contribution < -0.4 is 11.0 Å². The van der Waals surface area contributed by atoms with Crippen molar-refractivity contribution in [3.63, 3.8) is 0 Å². The molecule has 2 heterocycles. The molecule has 1 amide bonds. The Hall–Kier alpha value is -4.38. The van der Waals surface area contributed by atoms with Crippen LogP contribution in [0.5, 0.6) is 0 Å². The number of benzene rings is 2. The standard InChI is InChI=1S/C27H26FN3O7/c1-17(32)38-27(3)20(16-36-23(34)19-12-8-5-9-13-19)37-24(26(27,2)28)31-15-14-21(30-25(31)35)29-22(33)18-10-6-4-7-11-18/h4-15,20,24H,16H2,1-3H3,(H,29,30,33,35)/t20-,24-,26+,27-/m1/s1. The Morgan fingerprint density at radius 1 is 1.03 bits per heavy atom. The van der Waals surface area contributed by atoms with Crippen LogP contribution in [-0.4, -0.2) is 51.4 Å². The lowest BCUT2D eigenvalue weighted by molar-refractivity contribution is -0.175. The average Bonchev–Trinajstić information content (AvgIpc) is 3.08. The van der Waals surface area contributed by atoms with Gasteiger partial charge in [0.15, 0.2) is 17.5 Å². The Morgan fingerprint density at radius 2 is 1.63 bits per heavy atom. The minimum atomic E-state index is -2.46. The lowest BCUT2D eigenvalue weighted by Gasteiger charge is -2.36. The second kappa shape index (κ2) is 10.5. The van der Waals surface area contributed by atoms with Crippen molar-refractivity contribution >= 4 is 23.7 Å². The van der Waals surface area contributed by atoms with Crippen molar-refractivity contribution in [2.24, 2.45) is 0 Å². The number of aromatic nitrogens is 2.